The summed E-state index contributed by atoms with van der Waals surface area (Å²) in [7, 11) is 0. The molecule has 0 aromatic rings. The molecule has 7 nitrogen and oxygen atoms in total. The third-order valence-corrected chi connectivity index (χ3v) is 0. The maximum atomic E-state index is 8.39. The van der Waals surface area contributed by atoms with Crippen molar-refractivity contribution < 1.29 is 35.7 Å². The van der Waals surface area contributed by atoms with E-state index >= 15 is 0 Å². The Kier molecular flexibility index (Phi) is 5600. The molecule has 9 heavy (non-hydrogen) atoms. The quantitative estimate of drug-likeness (QED) is 0.380. The zero-order valence-electron chi connectivity index (χ0n) is 3.91. The summed E-state index contributed by atoms with van der Waals surface area (Å²) in [5.74, 6) is 0. The fourth-order valence-corrected chi connectivity index (χ4v) is 0. The van der Waals surface area contributed by atoms with Crippen LogP contribution in [0.25, 0.3) is 0 Å². The summed E-state index contributed by atoms with van der Waals surface area (Å²) >= 11 is 0.0556. The van der Waals surface area contributed by atoms with Crippen molar-refractivity contribution in [2.24, 2.45) is 0 Å². The maximum absolute atomic E-state index is 8.39. The fraction of sp³-hybridized carbons (Fsp3) is 0. The van der Waals surface area contributed by atoms with E-state index in [0.29, 0.717) is 0 Å². The van der Waals surface area contributed by atoms with Crippen LogP contribution in [0, 0.1) is 0 Å². The Morgan fingerprint density at radius 1 is 0.556 bits per heavy atom. The van der Waals surface area contributed by atoms with Crippen LogP contribution in [0.5, 0.6) is 0 Å². The first-order valence-electron chi connectivity index (χ1n) is 0.204. The van der Waals surface area contributed by atoms with Gasteiger partial charge in [0.2, 0.25) is 0 Å². The molecule has 0 aromatic carbocycles. The van der Waals surface area contributed by atoms with Gasteiger partial charge in [0.25, 0.3) is 0 Å². The normalized spacial score (nSPS) is 0.444. The van der Waals surface area contributed by atoms with Crippen LogP contribution in [0.15, 0.2) is 0 Å². The molecule has 0 aromatic heterocycles. The molecular weight excluding hydrogens is 344 g/mol. The second kappa shape index (κ2) is 323. The molecule has 0 radical (unpaired) electrons. The summed E-state index contributed by atoms with van der Waals surface area (Å²) in [6, 6.07) is 0. The van der Waals surface area contributed by atoms with Crippen LogP contribution < -0.4 is 0 Å². The molecule has 0 aliphatic heterocycles. The van der Waals surface area contributed by atoms with Crippen LogP contribution in [0.4, 0.5) is 0 Å². The second-order valence-corrected chi connectivity index (χ2v) is 0. The monoisotopic (exact) mass is 358 g/mol. The van der Waals surface area contributed by atoms with E-state index in [-0.39, 0.29) is 87.1 Å². The van der Waals surface area contributed by atoms with E-state index in [0.717, 1.165) is 0 Å². The molecule has 0 unspecified atom stereocenters. The van der Waals surface area contributed by atoms with Crippen molar-refractivity contribution in [3.05, 3.63) is 0 Å². The predicted octanol–water partition coefficient (Wildman–Crippen LogP) is -6.36. The van der Waals surface area contributed by atoms with E-state index in [4.69, 9.17) is 2.81 Å². The molecule has 0 saturated heterocycles. The Morgan fingerprint density at radius 3 is 0.556 bits per heavy atom. The van der Waals surface area contributed by atoms with Crippen molar-refractivity contribution in [2.45, 2.75) is 0 Å². The second-order valence-electron chi connectivity index (χ2n) is 0. The predicted molar refractivity (Wildman–Crippen MR) is 36.7 cm³/mol. The van der Waals surface area contributed by atoms with Crippen molar-refractivity contribution in [3.63, 3.8) is 0 Å². The molecule has 0 heterocycles. The molecule has 0 bridgehead atoms. The fourth-order valence-electron chi connectivity index (χ4n) is 0. The van der Waals surface area contributed by atoms with Gasteiger partial charge in [-0.15, -0.1) is 0 Å². The summed E-state index contributed by atoms with van der Waals surface area (Å²) in [4.78, 5) is 0. The van der Waals surface area contributed by atoms with E-state index < -0.39 is 0 Å². The summed E-state index contributed by atoms with van der Waals surface area (Å²) < 4.78 is 8.39. The summed E-state index contributed by atoms with van der Waals surface area (Å²) in [6.07, 6.45) is 0. The molecule has 62 valence electrons. The molecule has 0 aliphatic rings. The van der Waals surface area contributed by atoms with Gasteiger partial charge in [-0.3, -0.25) is 0 Å². The standard InChI is InChI=1S/Bi.Na.6H2O.O.2H/h;;6*1H2;;;. The van der Waals surface area contributed by atoms with Crippen LogP contribution in [0.1, 0.15) is 0 Å². The SMILES string of the molecule is O.O.O.O.O.O.[NaH].[O]=[BiH]. The Balaban J connectivity index is -0.000000000238. The molecule has 0 atom stereocenters. The first kappa shape index (κ1) is 156. The number of hydrogen-bond acceptors (Lipinski definition) is 1. The Hall–Kier alpha value is 1.44. The van der Waals surface area contributed by atoms with Crippen molar-refractivity contribution in [2.75, 3.05) is 0 Å². The van der Waals surface area contributed by atoms with Gasteiger partial charge in [0.15, 0.2) is 0 Å². The van der Waals surface area contributed by atoms with Crippen molar-refractivity contribution in [1.82, 2.24) is 0 Å². The molecule has 0 amide bonds. The minimum absolute atomic E-state index is 0. The molecule has 0 fully saturated rings. The summed E-state index contributed by atoms with van der Waals surface area (Å²) in [6.45, 7) is 0. The molecule has 0 aliphatic carbocycles. The third-order valence-electron chi connectivity index (χ3n) is 0. The van der Waals surface area contributed by atoms with Crippen LogP contribution >= 0.6 is 0 Å². The summed E-state index contributed by atoms with van der Waals surface area (Å²) in [5.41, 5.74) is 0. The van der Waals surface area contributed by atoms with E-state index in [1.54, 1.807) is 0 Å². The molecular formula is H14BiNaO7. The van der Waals surface area contributed by atoms with Gasteiger partial charge in [-0.05, 0) is 0 Å². The Morgan fingerprint density at radius 2 is 0.556 bits per heavy atom. The third kappa shape index (κ3) is 251. The van der Waals surface area contributed by atoms with E-state index in [1.165, 1.54) is 0 Å². The van der Waals surface area contributed by atoms with E-state index in [1.807, 2.05) is 0 Å². The molecule has 0 saturated carbocycles. The van der Waals surface area contributed by atoms with Gasteiger partial charge in [0, 0.05) is 0 Å². The molecule has 9 heteroatoms. The Labute approximate surface area is 89.3 Å². The minimum atomic E-state index is 0. The average Bonchev–Trinajstić information content (AvgIpc) is 1.00. The van der Waals surface area contributed by atoms with Crippen LogP contribution in [-0.4, -0.2) is 87.1 Å². The van der Waals surface area contributed by atoms with Gasteiger partial charge in [-0.1, -0.05) is 0 Å². The van der Waals surface area contributed by atoms with Crippen LogP contribution in [0.2, 0.25) is 0 Å². The zero-order chi connectivity index (χ0) is 2.00. The van der Waals surface area contributed by atoms with Crippen molar-refractivity contribution in [3.8, 4) is 0 Å². The van der Waals surface area contributed by atoms with Crippen LogP contribution in [-0.2, 0) is 2.81 Å². The van der Waals surface area contributed by atoms with Gasteiger partial charge < -0.3 is 32.9 Å². The topological polar surface area (TPSA) is 206 Å². The van der Waals surface area contributed by atoms with Gasteiger partial charge in [0.05, 0.1) is 0 Å². The van der Waals surface area contributed by atoms with Gasteiger partial charge in [-0.2, -0.15) is 0 Å². The van der Waals surface area contributed by atoms with Gasteiger partial charge >= 0.3 is 57.1 Å². The average molecular weight is 358 g/mol. The molecule has 0 rings (SSSR count). The van der Waals surface area contributed by atoms with Crippen molar-refractivity contribution in [1.29, 1.82) is 0 Å². The van der Waals surface area contributed by atoms with E-state index in [9.17, 15) is 0 Å². The number of hydrogen-bond donors (Lipinski definition) is 0. The van der Waals surface area contributed by atoms with Gasteiger partial charge in [-0.25, -0.2) is 0 Å². The zero-order valence-corrected chi connectivity index (χ0v) is 7.80. The summed E-state index contributed by atoms with van der Waals surface area (Å²) in [5, 5.41) is 0. The number of rotatable bonds is 0. The first-order chi connectivity index (χ1) is 1.00. The van der Waals surface area contributed by atoms with E-state index in [2.05, 4.69) is 0 Å². The Bertz CT molecular complexity index is 8.88. The molecule has 12 N–H and O–H groups in total. The van der Waals surface area contributed by atoms with Crippen LogP contribution in [0.3, 0.4) is 0 Å². The first-order valence-corrected chi connectivity index (χ1v) is 1.79. The van der Waals surface area contributed by atoms with Crippen molar-refractivity contribution >= 4 is 54.3 Å². The van der Waals surface area contributed by atoms with Gasteiger partial charge in [0.1, 0.15) is 0 Å². The molecule has 0 spiro atoms.